The van der Waals surface area contributed by atoms with E-state index in [-0.39, 0.29) is 25.3 Å². The molecule has 23 heavy (non-hydrogen) atoms. The van der Waals surface area contributed by atoms with Crippen molar-refractivity contribution in [1.82, 2.24) is 14.7 Å². The van der Waals surface area contributed by atoms with Crippen LogP contribution in [0.4, 0.5) is 4.79 Å². The molecule has 1 fully saturated rings. The molecule has 8 heteroatoms. The summed E-state index contributed by atoms with van der Waals surface area (Å²) in [6.45, 7) is 0.442. The topological polar surface area (TPSA) is 71.6 Å². The van der Waals surface area contributed by atoms with Crippen molar-refractivity contribution in [3.63, 3.8) is 0 Å². The van der Waals surface area contributed by atoms with Crippen LogP contribution in [0.5, 0.6) is 17.2 Å². The minimum absolute atomic E-state index is 0.126. The van der Waals surface area contributed by atoms with E-state index < -0.39 is 0 Å². The normalized spacial score (nSPS) is 14.8. The molecule has 1 heterocycles. The summed E-state index contributed by atoms with van der Waals surface area (Å²) >= 11 is 0. The molecule has 2 rings (SSSR count). The Labute approximate surface area is 135 Å². The maximum absolute atomic E-state index is 12.7. The third-order valence-corrected chi connectivity index (χ3v) is 3.62. The number of amides is 3. The van der Waals surface area contributed by atoms with Gasteiger partial charge in [-0.05, 0) is 12.1 Å². The van der Waals surface area contributed by atoms with Gasteiger partial charge in [-0.3, -0.25) is 4.79 Å². The van der Waals surface area contributed by atoms with E-state index in [2.05, 4.69) is 0 Å². The molecule has 0 aliphatic carbocycles. The van der Waals surface area contributed by atoms with E-state index in [4.69, 9.17) is 14.2 Å². The Hall–Kier alpha value is -2.64. The molecule has 0 atom stereocenters. The van der Waals surface area contributed by atoms with Crippen LogP contribution in [0.2, 0.25) is 0 Å². The van der Waals surface area contributed by atoms with E-state index in [0.29, 0.717) is 22.8 Å². The average molecular weight is 323 g/mol. The van der Waals surface area contributed by atoms with Gasteiger partial charge in [-0.1, -0.05) is 0 Å². The van der Waals surface area contributed by atoms with Crippen LogP contribution in [0.15, 0.2) is 12.1 Å². The number of methoxy groups -OCH3 is 3. The maximum atomic E-state index is 12.7. The van der Waals surface area contributed by atoms with Gasteiger partial charge in [0.05, 0.1) is 34.7 Å². The Morgan fingerprint density at radius 3 is 1.83 bits per heavy atom. The van der Waals surface area contributed by atoms with E-state index in [1.807, 2.05) is 0 Å². The first-order valence-electron chi connectivity index (χ1n) is 6.98. The molecule has 1 saturated heterocycles. The van der Waals surface area contributed by atoms with Gasteiger partial charge in [0.2, 0.25) is 5.75 Å². The summed E-state index contributed by atoms with van der Waals surface area (Å²) in [5, 5.41) is 0. The second kappa shape index (κ2) is 6.64. The molecule has 8 nitrogen and oxygen atoms in total. The highest BCUT2D eigenvalue weighted by atomic mass is 16.5. The SMILES string of the molecule is COc1cc(C(=O)N2CN(C)C(=O)N(C)C2)cc(OC)c1OC. The quantitative estimate of drug-likeness (QED) is 0.829. The highest BCUT2D eigenvalue weighted by Gasteiger charge is 2.29. The Morgan fingerprint density at radius 1 is 0.957 bits per heavy atom. The third-order valence-electron chi connectivity index (χ3n) is 3.62. The number of hydrogen-bond acceptors (Lipinski definition) is 5. The average Bonchev–Trinajstić information content (AvgIpc) is 2.56. The van der Waals surface area contributed by atoms with Crippen LogP contribution in [0.3, 0.4) is 0 Å². The first kappa shape index (κ1) is 16.7. The Balaban J connectivity index is 2.34. The highest BCUT2D eigenvalue weighted by Crippen LogP contribution is 2.38. The number of benzene rings is 1. The molecule has 1 aromatic carbocycles. The maximum Gasteiger partial charge on any atom is 0.322 e. The summed E-state index contributed by atoms with van der Waals surface area (Å²) in [6.07, 6.45) is 0. The van der Waals surface area contributed by atoms with Gasteiger partial charge in [-0.25, -0.2) is 4.79 Å². The number of hydrogen-bond donors (Lipinski definition) is 0. The minimum atomic E-state index is -0.226. The number of rotatable bonds is 4. The number of nitrogens with zero attached hydrogens (tertiary/aromatic N) is 3. The lowest BCUT2D eigenvalue weighted by molar-refractivity contribution is 0.0390. The van der Waals surface area contributed by atoms with Crippen molar-refractivity contribution in [2.24, 2.45) is 0 Å². The molecule has 0 aromatic heterocycles. The van der Waals surface area contributed by atoms with Crippen molar-refractivity contribution < 1.29 is 23.8 Å². The van der Waals surface area contributed by atoms with Gasteiger partial charge in [0.1, 0.15) is 0 Å². The molecule has 1 aromatic rings. The lowest BCUT2D eigenvalue weighted by Crippen LogP contribution is -2.56. The van der Waals surface area contributed by atoms with Crippen molar-refractivity contribution in [2.45, 2.75) is 0 Å². The zero-order valence-corrected chi connectivity index (χ0v) is 14.0. The standard InChI is InChI=1S/C15H21N3O5/c1-16-8-18(9-17(2)15(16)20)14(19)10-6-11(21-3)13(23-5)12(7-10)22-4/h6-7H,8-9H2,1-5H3. The summed E-state index contributed by atoms with van der Waals surface area (Å²) in [6, 6.07) is 3.07. The van der Waals surface area contributed by atoms with Crippen LogP contribution < -0.4 is 14.2 Å². The van der Waals surface area contributed by atoms with Crippen LogP contribution in [0, 0.1) is 0 Å². The molecule has 1 aliphatic heterocycles. The zero-order chi connectivity index (χ0) is 17.1. The minimum Gasteiger partial charge on any atom is -0.493 e. The molecule has 0 radical (unpaired) electrons. The summed E-state index contributed by atoms with van der Waals surface area (Å²) in [5.74, 6) is 1.01. The van der Waals surface area contributed by atoms with Crippen molar-refractivity contribution in [2.75, 3.05) is 48.8 Å². The molecule has 1 aliphatic rings. The summed E-state index contributed by atoms with van der Waals surface area (Å²) < 4.78 is 15.8. The fourth-order valence-corrected chi connectivity index (χ4v) is 2.48. The van der Waals surface area contributed by atoms with Crippen LogP contribution in [-0.2, 0) is 0 Å². The second-order valence-corrected chi connectivity index (χ2v) is 5.22. The van der Waals surface area contributed by atoms with E-state index in [1.54, 1.807) is 31.1 Å². The first-order chi connectivity index (χ1) is 10.9. The van der Waals surface area contributed by atoms with Gasteiger partial charge in [0.15, 0.2) is 11.5 Å². The van der Waals surface area contributed by atoms with Gasteiger partial charge >= 0.3 is 6.03 Å². The molecule has 0 spiro atoms. The first-order valence-corrected chi connectivity index (χ1v) is 6.98. The third kappa shape index (κ3) is 3.10. The fraction of sp³-hybridized carbons (Fsp3) is 0.467. The van der Waals surface area contributed by atoms with Gasteiger partial charge in [-0.15, -0.1) is 0 Å². The lowest BCUT2D eigenvalue weighted by atomic mass is 10.1. The summed E-state index contributed by atoms with van der Waals surface area (Å²) in [7, 11) is 7.78. The number of carbonyl (C=O) groups is 2. The van der Waals surface area contributed by atoms with Crippen LogP contribution >= 0.6 is 0 Å². The molecule has 0 saturated carbocycles. The Morgan fingerprint density at radius 2 is 1.43 bits per heavy atom. The van der Waals surface area contributed by atoms with E-state index in [9.17, 15) is 9.59 Å². The Kier molecular flexibility index (Phi) is 4.83. The Bertz CT molecular complexity index is 580. The molecule has 0 bridgehead atoms. The van der Waals surface area contributed by atoms with Gasteiger partial charge in [0.25, 0.3) is 5.91 Å². The van der Waals surface area contributed by atoms with Gasteiger partial charge in [-0.2, -0.15) is 0 Å². The smallest absolute Gasteiger partial charge is 0.322 e. The number of ether oxygens (including phenoxy) is 3. The molecule has 3 amide bonds. The molecular formula is C15H21N3O5. The highest BCUT2D eigenvalue weighted by molar-refractivity contribution is 5.96. The molecule has 126 valence electrons. The largest absolute Gasteiger partial charge is 0.493 e. The van der Waals surface area contributed by atoms with Crippen LogP contribution in [-0.4, -0.2) is 75.4 Å². The van der Waals surface area contributed by atoms with E-state index in [0.717, 1.165) is 0 Å². The van der Waals surface area contributed by atoms with Gasteiger partial charge < -0.3 is 28.9 Å². The number of carbonyl (C=O) groups excluding carboxylic acids is 2. The van der Waals surface area contributed by atoms with Crippen molar-refractivity contribution >= 4 is 11.9 Å². The fourth-order valence-electron chi connectivity index (χ4n) is 2.48. The molecule has 0 unspecified atom stereocenters. The van der Waals surface area contributed by atoms with E-state index in [1.165, 1.54) is 31.1 Å². The number of urea groups is 1. The molecule has 0 N–H and O–H groups in total. The second-order valence-electron chi connectivity index (χ2n) is 5.22. The predicted molar refractivity (Wildman–Crippen MR) is 82.9 cm³/mol. The zero-order valence-electron chi connectivity index (χ0n) is 14.0. The van der Waals surface area contributed by atoms with Crippen LogP contribution in [0.1, 0.15) is 10.4 Å². The van der Waals surface area contributed by atoms with Crippen LogP contribution in [0.25, 0.3) is 0 Å². The monoisotopic (exact) mass is 323 g/mol. The summed E-state index contributed by atoms with van der Waals surface area (Å²) in [5.41, 5.74) is 0.399. The van der Waals surface area contributed by atoms with Crippen molar-refractivity contribution in [3.8, 4) is 17.2 Å². The predicted octanol–water partition coefficient (Wildman–Crippen LogP) is 1.07. The lowest BCUT2D eigenvalue weighted by Gasteiger charge is -2.38. The molecular weight excluding hydrogens is 302 g/mol. The van der Waals surface area contributed by atoms with Gasteiger partial charge in [0, 0.05) is 19.7 Å². The van der Waals surface area contributed by atoms with E-state index >= 15 is 0 Å². The summed E-state index contributed by atoms with van der Waals surface area (Å²) in [4.78, 5) is 29.0. The van der Waals surface area contributed by atoms with Crippen molar-refractivity contribution in [1.29, 1.82) is 0 Å². The van der Waals surface area contributed by atoms with Crippen molar-refractivity contribution in [3.05, 3.63) is 17.7 Å².